The summed E-state index contributed by atoms with van der Waals surface area (Å²) in [5, 5.41) is 0.635. The molecule has 0 aromatic heterocycles. The van der Waals surface area contributed by atoms with Gasteiger partial charge in [-0.15, -0.1) is 0 Å². The predicted octanol–water partition coefficient (Wildman–Crippen LogP) is 3.87. The summed E-state index contributed by atoms with van der Waals surface area (Å²) in [5.74, 6) is 1.91. The first-order valence-corrected chi connectivity index (χ1v) is 7.60. The van der Waals surface area contributed by atoms with Crippen molar-refractivity contribution in [1.29, 1.82) is 0 Å². The van der Waals surface area contributed by atoms with Crippen molar-refractivity contribution in [3.8, 4) is 5.75 Å². The zero-order valence-electron chi connectivity index (χ0n) is 10.1. The SMILES string of the molecule is COc1ccc(CSC2CCOC2C)cc1Br. The maximum atomic E-state index is 5.56. The number of halogens is 1. The topological polar surface area (TPSA) is 18.5 Å². The van der Waals surface area contributed by atoms with Gasteiger partial charge in [-0.1, -0.05) is 6.07 Å². The van der Waals surface area contributed by atoms with E-state index in [9.17, 15) is 0 Å². The fraction of sp³-hybridized carbons (Fsp3) is 0.538. The Labute approximate surface area is 115 Å². The molecule has 1 aliphatic heterocycles. The van der Waals surface area contributed by atoms with Crippen LogP contribution in [-0.2, 0) is 10.5 Å². The number of methoxy groups -OCH3 is 1. The van der Waals surface area contributed by atoms with Crippen LogP contribution in [0.1, 0.15) is 18.9 Å². The highest BCUT2D eigenvalue weighted by molar-refractivity contribution is 9.10. The molecule has 2 atom stereocenters. The van der Waals surface area contributed by atoms with Crippen LogP contribution in [0.2, 0.25) is 0 Å². The summed E-state index contributed by atoms with van der Waals surface area (Å²) in [6, 6.07) is 6.26. The number of benzene rings is 1. The molecule has 2 nitrogen and oxygen atoms in total. The smallest absolute Gasteiger partial charge is 0.133 e. The molecule has 1 saturated heterocycles. The molecule has 0 radical (unpaired) electrons. The van der Waals surface area contributed by atoms with Gasteiger partial charge in [0.25, 0.3) is 0 Å². The minimum Gasteiger partial charge on any atom is -0.496 e. The maximum Gasteiger partial charge on any atom is 0.133 e. The summed E-state index contributed by atoms with van der Waals surface area (Å²) in [5.41, 5.74) is 1.32. The molecule has 4 heteroatoms. The normalized spacial score (nSPS) is 23.9. The lowest BCUT2D eigenvalue weighted by atomic mass is 10.2. The standard InChI is InChI=1S/C13H17BrO2S/c1-9-13(5-6-16-9)17-8-10-3-4-12(15-2)11(14)7-10/h3-4,7,9,13H,5-6,8H2,1-2H3. The van der Waals surface area contributed by atoms with Crippen LogP contribution in [0.5, 0.6) is 5.75 Å². The zero-order chi connectivity index (χ0) is 12.3. The molecule has 1 heterocycles. The fourth-order valence-corrected chi connectivity index (χ4v) is 3.72. The first-order chi connectivity index (χ1) is 8.20. The number of hydrogen-bond donors (Lipinski definition) is 0. The van der Waals surface area contributed by atoms with E-state index < -0.39 is 0 Å². The van der Waals surface area contributed by atoms with Crippen molar-refractivity contribution >= 4 is 27.7 Å². The molecular weight excluding hydrogens is 300 g/mol. The van der Waals surface area contributed by atoms with Crippen molar-refractivity contribution in [2.24, 2.45) is 0 Å². The third kappa shape index (κ3) is 3.39. The second-order valence-corrected chi connectivity index (χ2v) is 6.26. The number of thioether (sulfide) groups is 1. The fourth-order valence-electron chi connectivity index (χ4n) is 1.93. The van der Waals surface area contributed by atoms with Gasteiger partial charge in [0.1, 0.15) is 5.75 Å². The Morgan fingerprint density at radius 3 is 2.94 bits per heavy atom. The van der Waals surface area contributed by atoms with Gasteiger partial charge in [0.2, 0.25) is 0 Å². The zero-order valence-corrected chi connectivity index (χ0v) is 12.5. The van der Waals surface area contributed by atoms with Crippen molar-refractivity contribution in [2.45, 2.75) is 30.5 Å². The Hall–Kier alpha value is -0.190. The molecule has 1 aliphatic rings. The molecule has 0 N–H and O–H groups in total. The Bertz CT molecular complexity index is 384. The van der Waals surface area contributed by atoms with E-state index in [1.165, 1.54) is 12.0 Å². The summed E-state index contributed by atoms with van der Waals surface area (Å²) >= 11 is 5.49. The van der Waals surface area contributed by atoms with E-state index in [1.807, 2.05) is 17.8 Å². The minimum atomic E-state index is 0.390. The van der Waals surface area contributed by atoms with Crippen molar-refractivity contribution in [3.63, 3.8) is 0 Å². The highest BCUT2D eigenvalue weighted by Gasteiger charge is 2.24. The summed E-state index contributed by atoms with van der Waals surface area (Å²) in [6.07, 6.45) is 1.56. The van der Waals surface area contributed by atoms with Crippen LogP contribution in [0.25, 0.3) is 0 Å². The largest absolute Gasteiger partial charge is 0.496 e. The summed E-state index contributed by atoms with van der Waals surface area (Å²) in [6.45, 7) is 3.07. The molecule has 0 spiro atoms. The van der Waals surface area contributed by atoms with Crippen LogP contribution < -0.4 is 4.74 Å². The monoisotopic (exact) mass is 316 g/mol. The second kappa shape index (κ2) is 6.12. The van der Waals surface area contributed by atoms with Crippen molar-refractivity contribution in [3.05, 3.63) is 28.2 Å². The van der Waals surface area contributed by atoms with Gasteiger partial charge in [-0.25, -0.2) is 0 Å². The van der Waals surface area contributed by atoms with Crippen LogP contribution in [0.15, 0.2) is 22.7 Å². The van der Waals surface area contributed by atoms with E-state index in [1.54, 1.807) is 7.11 Å². The van der Waals surface area contributed by atoms with Gasteiger partial charge >= 0.3 is 0 Å². The third-order valence-corrected chi connectivity index (χ3v) is 5.15. The summed E-state index contributed by atoms with van der Waals surface area (Å²) in [7, 11) is 1.69. The van der Waals surface area contributed by atoms with Gasteiger partial charge < -0.3 is 9.47 Å². The highest BCUT2D eigenvalue weighted by atomic mass is 79.9. The van der Waals surface area contributed by atoms with Crippen LogP contribution in [0.3, 0.4) is 0 Å². The van der Waals surface area contributed by atoms with E-state index in [2.05, 4.69) is 35.0 Å². The van der Waals surface area contributed by atoms with Gasteiger partial charge in [0.15, 0.2) is 0 Å². The predicted molar refractivity (Wildman–Crippen MR) is 75.8 cm³/mol. The van der Waals surface area contributed by atoms with Crippen LogP contribution in [0.4, 0.5) is 0 Å². The average Bonchev–Trinajstić information content (AvgIpc) is 2.72. The molecule has 1 fully saturated rings. The van der Waals surface area contributed by atoms with Gasteiger partial charge in [0, 0.05) is 17.6 Å². The van der Waals surface area contributed by atoms with Gasteiger partial charge in [-0.05, 0) is 47.0 Å². The van der Waals surface area contributed by atoms with E-state index in [0.29, 0.717) is 11.4 Å². The molecule has 0 bridgehead atoms. The summed E-state index contributed by atoms with van der Waals surface area (Å²) in [4.78, 5) is 0. The lowest BCUT2D eigenvalue weighted by Gasteiger charge is -2.13. The molecule has 0 amide bonds. The van der Waals surface area contributed by atoms with Gasteiger partial charge in [-0.3, -0.25) is 0 Å². The number of rotatable bonds is 4. The summed E-state index contributed by atoms with van der Waals surface area (Å²) < 4.78 is 11.8. The Morgan fingerprint density at radius 1 is 1.53 bits per heavy atom. The number of hydrogen-bond acceptors (Lipinski definition) is 3. The molecule has 0 saturated carbocycles. The minimum absolute atomic E-state index is 0.390. The van der Waals surface area contributed by atoms with Crippen LogP contribution in [0, 0.1) is 0 Å². The molecule has 2 rings (SSSR count). The number of ether oxygens (including phenoxy) is 2. The van der Waals surface area contributed by atoms with Crippen LogP contribution >= 0.6 is 27.7 Å². The molecule has 0 aliphatic carbocycles. The Morgan fingerprint density at radius 2 is 2.35 bits per heavy atom. The average molecular weight is 317 g/mol. The first kappa shape index (κ1) is 13.2. The van der Waals surface area contributed by atoms with Crippen molar-refractivity contribution in [2.75, 3.05) is 13.7 Å². The quantitative estimate of drug-likeness (QED) is 0.840. The van der Waals surface area contributed by atoms with Crippen molar-refractivity contribution in [1.82, 2.24) is 0 Å². The third-order valence-electron chi connectivity index (χ3n) is 2.99. The van der Waals surface area contributed by atoms with Crippen LogP contribution in [-0.4, -0.2) is 25.1 Å². The van der Waals surface area contributed by atoms with E-state index in [0.717, 1.165) is 22.6 Å². The van der Waals surface area contributed by atoms with E-state index in [4.69, 9.17) is 9.47 Å². The first-order valence-electron chi connectivity index (χ1n) is 5.76. The second-order valence-electron chi connectivity index (χ2n) is 4.18. The van der Waals surface area contributed by atoms with Crippen molar-refractivity contribution < 1.29 is 9.47 Å². The van der Waals surface area contributed by atoms with E-state index in [-0.39, 0.29) is 0 Å². The maximum absolute atomic E-state index is 5.56. The lowest BCUT2D eigenvalue weighted by molar-refractivity contribution is 0.127. The Kier molecular flexibility index (Phi) is 4.77. The molecular formula is C13H17BrO2S. The Balaban J connectivity index is 1.92. The molecule has 1 aromatic rings. The highest BCUT2D eigenvalue weighted by Crippen LogP contribution is 2.31. The van der Waals surface area contributed by atoms with Gasteiger partial charge in [0.05, 0.1) is 17.7 Å². The molecule has 94 valence electrons. The lowest BCUT2D eigenvalue weighted by Crippen LogP contribution is -2.13. The van der Waals surface area contributed by atoms with E-state index >= 15 is 0 Å². The van der Waals surface area contributed by atoms with Gasteiger partial charge in [-0.2, -0.15) is 11.8 Å². The molecule has 2 unspecified atom stereocenters. The molecule has 1 aromatic carbocycles. The molecule has 17 heavy (non-hydrogen) atoms.